The van der Waals surface area contributed by atoms with Gasteiger partial charge in [-0.25, -0.2) is 0 Å². The Balaban J connectivity index is 1.73. The average molecular weight is 431 g/mol. The van der Waals surface area contributed by atoms with Gasteiger partial charge in [0, 0.05) is 19.3 Å². The monoisotopic (exact) mass is 430 g/mol. The maximum atomic E-state index is 12.5. The fraction of sp³-hybridized carbons (Fsp3) is 0.741. The maximum absolute atomic E-state index is 12.5. The van der Waals surface area contributed by atoms with Crippen molar-refractivity contribution in [3.63, 3.8) is 0 Å². The second kappa shape index (κ2) is 9.33. The molecule has 3 aliphatic rings. The van der Waals surface area contributed by atoms with Crippen LogP contribution in [0.15, 0.2) is 35.5 Å². The Hall–Kier alpha value is -1.23. The number of rotatable bonds is 6. The summed E-state index contributed by atoms with van der Waals surface area (Å²) in [5.41, 5.74) is 2.45. The van der Waals surface area contributed by atoms with Crippen molar-refractivity contribution in [3.8, 4) is 0 Å². The van der Waals surface area contributed by atoms with Crippen LogP contribution < -0.4 is 0 Å². The van der Waals surface area contributed by atoms with Crippen LogP contribution in [0.1, 0.15) is 85.5 Å². The van der Waals surface area contributed by atoms with E-state index in [1.807, 2.05) is 0 Å². The maximum Gasteiger partial charge on any atom is 0.136 e. The Morgan fingerprint density at radius 3 is 2.68 bits per heavy atom. The number of hydrogen-bond donors (Lipinski definition) is 3. The molecular weight excluding hydrogens is 388 g/mol. The molecule has 4 heteroatoms. The minimum Gasteiger partial charge on any atom is -0.393 e. The van der Waals surface area contributed by atoms with E-state index in [1.165, 1.54) is 12.0 Å². The first-order valence-corrected chi connectivity index (χ1v) is 12.1. The van der Waals surface area contributed by atoms with Crippen LogP contribution in [0.4, 0.5) is 0 Å². The molecule has 0 saturated heterocycles. The molecule has 3 rings (SSSR count). The number of hydrogen-bond acceptors (Lipinski definition) is 4. The molecule has 0 amide bonds. The van der Waals surface area contributed by atoms with Crippen molar-refractivity contribution >= 4 is 5.78 Å². The van der Waals surface area contributed by atoms with Gasteiger partial charge in [-0.2, -0.15) is 0 Å². The molecule has 3 fully saturated rings. The van der Waals surface area contributed by atoms with Gasteiger partial charge in [-0.15, -0.1) is 0 Å². The van der Waals surface area contributed by atoms with Crippen LogP contribution in [0, 0.1) is 23.2 Å². The van der Waals surface area contributed by atoms with Gasteiger partial charge in [-0.05, 0) is 86.7 Å². The molecule has 3 saturated carbocycles. The molecule has 0 bridgehead atoms. The minimum atomic E-state index is -0.933. The van der Waals surface area contributed by atoms with Crippen LogP contribution in [0.2, 0.25) is 0 Å². The van der Waals surface area contributed by atoms with E-state index in [9.17, 15) is 20.1 Å². The second-order valence-corrected chi connectivity index (χ2v) is 11.4. The Morgan fingerprint density at radius 2 is 2.00 bits per heavy atom. The molecule has 3 N–H and O–H groups in total. The van der Waals surface area contributed by atoms with Crippen molar-refractivity contribution in [2.24, 2.45) is 23.2 Å². The predicted octanol–water partition coefficient (Wildman–Crippen LogP) is 4.88. The number of fused-ring (bicyclic) bond motifs is 1. The van der Waals surface area contributed by atoms with Gasteiger partial charge in [0.2, 0.25) is 0 Å². The number of aliphatic hydroxyl groups excluding tert-OH is 2. The summed E-state index contributed by atoms with van der Waals surface area (Å²) in [6.45, 7) is 12.1. The van der Waals surface area contributed by atoms with Crippen LogP contribution in [0.3, 0.4) is 0 Å². The summed E-state index contributed by atoms with van der Waals surface area (Å²) in [6, 6.07) is 0. The molecule has 0 aromatic heterocycles. The van der Waals surface area contributed by atoms with Gasteiger partial charge in [0.1, 0.15) is 5.78 Å². The third-order valence-corrected chi connectivity index (χ3v) is 8.17. The largest absolute Gasteiger partial charge is 0.393 e. The lowest BCUT2D eigenvalue weighted by atomic mass is 9.60. The summed E-state index contributed by atoms with van der Waals surface area (Å²) in [5, 5.41) is 30.1. The summed E-state index contributed by atoms with van der Waals surface area (Å²) in [7, 11) is 0. The van der Waals surface area contributed by atoms with Gasteiger partial charge in [-0.1, -0.05) is 38.2 Å². The zero-order chi connectivity index (χ0) is 23.0. The van der Waals surface area contributed by atoms with E-state index in [1.54, 1.807) is 13.8 Å². The molecule has 0 aromatic carbocycles. The van der Waals surface area contributed by atoms with E-state index in [0.717, 1.165) is 36.8 Å². The van der Waals surface area contributed by atoms with Crippen molar-refractivity contribution < 1.29 is 20.1 Å². The normalized spacial score (nSPS) is 37.8. The minimum absolute atomic E-state index is 0.163. The van der Waals surface area contributed by atoms with E-state index in [-0.39, 0.29) is 17.6 Å². The van der Waals surface area contributed by atoms with Crippen LogP contribution in [-0.4, -0.2) is 38.9 Å². The number of ketones is 1. The van der Waals surface area contributed by atoms with Gasteiger partial charge in [0.05, 0.1) is 17.8 Å². The zero-order valence-corrected chi connectivity index (χ0v) is 19.9. The van der Waals surface area contributed by atoms with Crippen LogP contribution >= 0.6 is 0 Å². The van der Waals surface area contributed by atoms with Gasteiger partial charge < -0.3 is 15.3 Å². The van der Waals surface area contributed by atoms with E-state index >= 15 is 0 Å². The van der Waals surface area contributed by atoms with Crippen molar-refractivity contribution in [2.75, 3.05) is 0 Å². The number of carbonyl (C=O) groups excluding carboxylic acids is 1. The molecule has 0 aromatic rings. The molecule has 6 atom stereocenters. The molecule has 3 aliphatic carbocycles. The van der Waals surface area contributed by atoms with Gasteiger partial charge >= 0.3 is 0 Å². The highest BCUT2D eigenvalue weighted by molar-refractivity contribution is 5.79. The highest BCUT2D eigenvalue weighted by Gasteiger charge is 2.50. The fourth-order valence-electron chi connectivity index (χ4n) is 6.74. The fourth-order valence-corrected chi connectivity index (χ4v) is 6.74. The van der Waals surface area contributed by atoms with Gasteiger partial charge in [0.15, 0.2) is 0 Å². The lowest BCUT2D eigenvalue weighted by Gasteiger charge is -2.44. The summed E-state index contributed by atoms with van der Waals surface area (Å²) in [4.78, 5) is 12.5. The Morgan fingerprint density at radius 1 is 1.29 bits per heavy atom. The molecule has 0 heterocycles. The topological polar surface area (TPSA) is 77.8 Å². The van der Waals surface area contributed by atoms with Crippen molar-refractivity contribution in [1.82, 2.24) is 0 Å². The Bertz CT molecular complexity index is 756. The SMILES string of the molecule is C=C1/C(=C\C=C2/CCC[C@]3(C)[C@@H]([C@H](C)CC(=O)CC(C)(C)O)CC[C@@H]23)C[C@@H](O)C[C@@H]1O. The van der Waals surface area contributed by atoms with Crippen LogP contribution in [-0.2, 0) is 4.79 Å². The van der Waals surface area contributed by atoms with E-state index < -0.39 is 17.8 Å². The van der Waals surface area contributed by atoms with Crippen molar-refractivity contribution in [1.29, 1.82) is 0 Å². The standard InChI is InChI=1S/C27H42O4/c1-17(13-22(29)16-26(3,4)31)23-10-11-24-19(7-6-12-27(23,24)5)8-9-20-14-21(28)15-25(30)18(20)2/h8-9,17,21,23-25,28,30-31H,2,6-7,10-16H2,1,3-5H3/b19-8+,20-9-/t17-,21-,23-,24+,25+,27-/m1/s1. The van der Waals surface area contributed by atoms with E-state index in [0.29, 0.717) is 37.0 Å². The lowest BCUT2D eigenvalue weighted by molar-refractivity contribution is -0.124. The molecule has 174 valence electrons. The molecular formula is C27H42O4. The number of allylic oxidation sites excluding steroid dienone is 3. The molecule has 31 heavy (non-hydrogen) atoms. The summed E-state index contributed by atoms with van der Waals surface area (Å²) < 4.78 is 0. The van der Waals surface area contributed by atoms with Crippen molar-refractivity contribution in [3.05, 3.63) is 35.5 Å². The average Bonchev–Trinajstić information content (AvgIpc) is 2.99. The Labute approximate surface area is 188 Å². The summed E-state index contributed by atoms with van der Waals surface area (Å²) >= 11 is 0. The van der Waals surface area contributed by atoms with E-state index in [4.69, 9.17) is 0 Å². The third-order valence-electron chi connectivity index (χ3n) is 8.17. The van der Waals surface area contributed by atoms with Crippen LogP contribution in [0.5, 0.6) is 0 Å². The molecule has 0 radical (unpaired) electrons. The highest BCUT2D eigenvalue weighted by atomic mass is 16.3. The van der Waals surface area contributed by atoms with E-state index in [2.05, 4.69) is 32.6 Å². The number of Topliss-reactive ketones (excluding diaryl/α,β-unsaturated/α-hetero) is 1. The Kier molecular flexibility index (Phi) is 7.35. The number of carbonyl (C=O) groups is 1. The zero-order valence-electron chi connectivity index (χ0n) is 19.9. The smallest absolute Gasteiger partial charge is 0.136 e. The first-order chi connectivity index (χ1) is 14.4. The second-order valence-electron chi connectivity index (χ2n) is 11.4. The molecule has 0 unspecified atom stereocenters. The van der Waals surface area contributed by atoms with Crippen molar-refractivity contribution in [2.45, 2.75) is 103 Å². The van der Waals surface area contributed by atoms with Gasteiger partial charge in [0.25, 0.3) is 0 Å². The summed E-state index contributed by atoms with van der Waals surface area (Å²) in [5.74, 6) is 1.54. The first kappa shape index (κ1) is 24.4. The summed E-state index contributed by atoms with van der Waals surface area (Å²) in [6.07, 6.45) is 10.6. The quantitative estimate of drug-likeness (QED) is 0.561. The number of aliphatic hydroxyl groups is 3. The lowest BCUT2D eigenvalue weighted by Crippen LogP contribution is -2.36. The predicted molar refractivity (Wildman–Crippen MR) is 124 cm³/mol. The first-order valence-electron chi connectivity index (χ1n) is 12.1. The third kappa shape index (κ3) is 5.58. The molecule has 0 aliphatic heterocycles. The molecule has 4 nitrogen and oxygen atoms in total. The van der Waals surface area contributed by atoms with Gasteiger partial charge in [-0.3, -0.25) is 4.79 Å². The highest BCUT2D eigenvalue weighted by Crippen LogP contribution is 2.59. The van der Waals surface area contributed by atoms with Crippen LogP contribution in [0.25, 0.3) is 0 Å². The molecule has 0 spiro atoms.